The highest BCUT2D eigenvalue weighted by molar-refractivity contribution is 4.99. The normalized spacial score (nSPS) is 18.4. The highest BCUT2D eigenvalue weighted by atomic mass is 16.5. The molecule has 1 nitrogen and oxygen atoms in total. The van der Waals surface area contributed by atoms with Gasteiger partial charge in [-0.2, -0.15) is 0 Å². The van der Waals surface area contributed by atoms with Crippen LogP contribution in [0.15, 0.2) is 11.8 Å². The predicted octanol–water partition coefficient (Wildman–Crippen LogP) is 2.25. The smallest absolute Gasteiger partial charge is 0.132 e. The minimum atomic E-state index is 1.13. The second-order valence-electron chi connectivity index (χ2n) is 1.92. The maximum Gasteiger partial charge on any atom is 0.132 e. The Labute approximate surface area is 50.3 Å². The van der Waals surface area contributed by atoms with Gasteiger partial charge in [-0.3, -0.25) is 0 Å². The summed E-state index contributed by atoms with van der Waals surface area (Å²) in [6.45, 7) is 3.64. The zero-order valence-corrected chi connectivity index (χ0v) is 5.18. The van der Waals surface area contributed by atoms with E-state index in [1.54, 1.807) is 6.61 Å². The Morgan fingerprint density at radius 1 is 1.75 bits per heavy atom. The quantitative estimate of drug-likeness (QED) is 0.531. The first kappa shape index (κ1) is 5.67. The van der Waals surface area contributed by atoms with Crippen LogP contribution in [0.25, 0.3) is 0 Å². The lowest BCUT2D eigenvalue weighted by Gasteiger charge is -1.99. The number of rotatable bonds is 2. The van der Waals surface area contributed by atoms with E-state index in [0.29, 0.717) is 0 Å². The molecule has 0 spiro atoms. The first-order valence-electron chi connectivity index (χ1n) is 3.07. The fourth-order valence-electron chi connectivity index (χ4n) is 0.900. The summed E-state index contributed by atoms with van der Waals surface area (Å²) in [6.07, 6.45) is 5.75. The molecular formula is C7H11O. The van der Waals surface area contributed by atoms with E-state index >= 15 is 0 Å². The molecule has 0 fully saturated rings. The molecule has 0 saturated carbocycles. The van der Waals surface area contributed by atoms with Gasteiger partial charge in [0, 0.05) is 6.42 Å². The Morgan fingerprint density at radius 3 is 3.12 bits per heavy atom. The van der Waals surface area contributed by atoms with Gasteiger partial charge in [0.15, 0.2) is 0 Å². The zero-order valence-electron chi connectivity index (χ0n) is 5.18. The van der Waals surface area contributed by atoms with Crippen molar-refractivity contribution in [2.75, 3.05) is 0 Å². The van der Waals surface area contributed by atoms with E-state index in [1.807, 2.05) is 6.92 Å². The monoisotopic (exact) mass is 111 g/mol. The second kappa shape index (κ2) is 2.75. The molecule has 0 amide bonds. The topological polar surface area (TPSA) is 9.23 Å². The molecule has 0 aromatic heterocycles. The van der Waals surface area contributed by atoms with Crippen LogP contribution in [-0.4, -0.2) is 0 Å². The predicted molar refractivity (Wildman–Crippen MR) is 33.0 cm³/mol. The summed E-state index contributed by atoms with van der Waals surface area (Å²) in [5.41, 5.74) is 0. The van der Waals surface area contributed by atoms with Crippen molar-refractivity contribution in [1.82, 2.24) is 0 Å². The van der Waals surface area contributed by atoms with Crippen molar-refractivity contribution in [3.8, 4) is 0 Å². The van der Waals surface area contributed by atoms with Gasteiger partial charge in [0.05, 0.1) is 5.76 Å². The summed E-state index contributed by atoms with van der Waals surface area (Å²) < 4.78 is 5.14. The molecule has 8 heavy (non-hydrogen) atoms. The summed E-state index contributed by atoms with van der Waals surface area (Å²) in [5, 5.41) is 0. The molecule has 0 unspecified atom stereocenters. The van der Waals surface area contributed by atoms with Crippen molar-refractivity contribution < 1.29 is 4.74 Å². The van der Waals surface area contributed by atoms with E-state index < -0.39 is 0 Å². The highest BCUT2D eigenvalue weighted by Gasteiger charge is 2.02. The van der Waals surface area contributed by atoms with Crippen LogP contribution in [0.5, 0.6) is 0 Å². The minimum Gasteiger partial charge on any atom is -0.492 e. The molecule has 0 saturated heterocycles. The van der Waals surface area contributed by atoms with E-state index in [-0.39, 0.29) is 0 Å². The SMILES string of the molecule is C[CH]OC1=CCCC1. The van der Waals surface area contributed by atoms with Gasteiger partial charge < -0.3 is 4.74 Å². The van der Waals surface area contributed by atoms with Crippen LogP contribution in [0, 0.1) is 6.61 Å². The lowest BCUT2D eigenvalue weighted by molar-refractivity contribution is 0.287. The maximum absolute atomic E-state index is 5.14. The van der Waals surface area contributed by atoms with Gasteiger partial charge in [0.2, 0.25) is 0 Å². The summed E-state index contributed by atoms with van der Waals surface area (Å²) in [5.74, 6) is 1.15. The maximum atomic E-state index is 5.14. The van der Waals surface area contributed by atoms with Crippen LogP contribution < -0.4 is 0 Å². The molecule has 0 heterocycles. The van der Waals surface area contributed by atoms with Crippen molar-refractivity contribution in [2.45, 2.75) is 26.2 Å². The molecule has 45 valence electrons. The molecule has 1 rings (SSSR count). The molecule has 0 atom stereocenters. The molecule has 1 radical (unpaired) electrons. The summed E-state index contributed by atoms with van der Waals surface area (Å²) in [7, 11) is 0. The Morgan fingerprint density at radius 2 is 2.62 bits per heavy atom. The summed E-state index contributed by atoms with van der Waals surface area (Å²) in [4.78, 5) is 0. The zero-order chi connectivity index (χ0) is 5.82. The molecule has 0 aromatic carbocycles. The highest BCUT2D eigenvalue weighted by Crippen LogP contribution is 2.18. The van der Waals surface area contributed by atoms with E-state index in [2.05, 4.69) is 6.08 Å². The first-order valence-corrected chi connectivity index (χ1v) is 3.07. The van der Waals surface area contributed by atoms with Gasteiger partial charge in [0.25, 0.3) is 0 Å². The number of hydrogen-bond acceptors (Lipinski definition) is 1. The molecular weight excluding hydrogens is 100 g/mol. The van der Waals surface area contributed by atoms with Gasteiger partial charge in [-0.15, -0.1) is 0 Å². The number of allylic oxidation sites excluding steroid dienone is 2. The van der Waals surface area contributed by atoms with Gasteiger partial charge >= 0.3 is 0 Å². The molecule has 1 aliphatic carbocycles. The number of hydrogen-bond donors (Lipinski definition) is 0. The molecule has 0 aliphatic heterocycles. The van der Waals surface area contributed by atoms with Crippen molar-refractivity contribution >= 4 is 0 Å². The molecule has 1 aliphatic rings. The van der Waals surface area contributed by atoms with Gasteiger partial charge in [0.1, 0.15) is 6.61 Å². The third kappa shape index (κ3) is 1.25. The van der Waals surface area contributed by atoms with Crippen molar-refractivity contribution in [2.24, 2.45) is 0 Å². The van der Waals surface area contributed by atoms with Crippen molar-refractivity contribution in [1.29, 1.82) is 0 Å². The van der Waals surface area contributed by atoms with Gasteiger partial charge in [-0.05, 0) is 25.8 Å². The molecule has 0 N–H and O–H groups in total. The average Bonchev–Trinajstić information content (AvgIpc) is 2.19. The Balaban J connectivity index is 2.23. The van der Waals surface area contributed by atoms with Crippen LogP contribution >= 0.6 is 0 Å². The average molecular weight is 111 g/mol. The lowest BCUT2D eigenvalue weighted by Crippen LogP contribution is -1.80. The van der Waals surface area contributed by atoms with Crippen LogP contribution in [0.3, 0.4) is 0 Å². The summed E-state index contributed by atoms with van der Waals surface area (Å²) in [6, 6.07) is 0. The van der Waals surface area contributed by atoms with Crippen LogP contribution in [0.2, 0.25) is 0 Å². The molecule has 0 aromatic rings. The number of ether oxygens (including phenoxy) is 1. The fraction of sp³-hybridized carbons (Fsp3) is 0.571. The van der Waals surface area contributed by atoms with Crippen molar-refractivity contribution in [3.05, 3.63) is 18.4 Å². The third-order valence-corrected chi connectivity index (χ3v) is 1.27. The Hall–Kier alpha value is -0.460. The molecule has 1 heteroatoms. The lowest BCUT2D eigenvalue weighted by atomic mass is 10.4. The standard InChI is InChI=1S/C7H11O/c1-2-8-7-5-3-4-6-7/h2,5H,3-4,6H2,1H3. The Bertz CT molecular complexity index is 94.6. The van der Waals surface area contributed by atoms with E-state index in [1.165, 1.54) is 12.8 Å². The molecule has 0 bridgehead atoms. The minimum absolute atomic E-state index is 1.13. The summed E-state index contributed by atoms with van der Waals surface area (Å²) >= 11 is 0. The largest absolute Gasteiger partial charge is 0.492 e. The Kier molecular flexibility index (Phi) is 1.95. The van der Waals surface area contributed by atoms with Crippen LogP contribution in [0.1, 0.15) is 26.2 Å². The van der Waals surface area contributed by atoms with E-state index in [0.717, 1.165) is 12.2 Å². The second-order valence-corrected chi connectivity index (χ2v) is 1.92. The van der Waals surface area contributed by atoms with Crippen molar-refractivity contribution in [3.63, 3.8) is 0 Å². The first-order chi connectivity index (χ1) is 3.93. The van der Waals surface area contributed by atoms with Gasteiger partial charge in [-0.25, -0.2) is 0 Å². The van der Waals surface area contributed by atoms with Crippen LogP contribution in [0.4, 0.5) is 0 Å². The third-order valence-electron chi connectivity index (χ3n) is 1.27. The fourth-order valence-corrected chi connectivity index (χ4v) is 0.900. The van der Waals surface area contributed by atoms with E-state index in [9.17, 15) is 0 Å². The van der Waals surface area contributed by atoms with Gasteiger partial charge in [-0.1, -0.05) is 0 Å². The van der Waals surface area contributed by atoms with Crippen LogP contribution in [-0.2, 0) is 4.74 Å². The van der Waals surface area contributed by atoms with E-state index in [4.69, 9.17) is 4.74 Å².